The van der Waals surface area contributed by atoms with E-state index < -0.39 is 10.0 Å². The van der Waals surface area contributed by atoms with Gasteiger partial charge in [-0.3, -0.25) is 4.79 Å². The number of rotatable bonds is 7. The number of benzene rings is 2. The van der Waals surface area contributed by atoms with Crippen LogP contribution in [0.2, 0.25) is 0 Å². The third kappa shape index (κ3) is 4.54. The summed E-state index contributed by atoms with van der Waals surface area (Å²) in [5, 5.41) is 2.88. The molecule has 0 heterocycles. The van der Waals surface area contributed by atoms with Crippen molar-refractivity contribution in [2.45, 2.75) is 32.6 Å². The number of sulfonamides is 1. The highest BCUT2D eigenvalue weighted by Gasteiger charge is 2.23. The third-order valence-corrected chi connectivity index (χ3v) is 6.88. The molecule has 0 atom stereocenters. The van der Waals surface area contributed by atoms with Gasteiger partial charge in [-0.25, -0.2) is 8.42 Å². The Hall–Kier alpha value is -2.38. The smallest absolute Gasteiger partial charge is 0.255 e. The highest BCUT2D eigenvalue weighted by molar-refractivity contribution is 7.89. The van der Waals surface area contributed by atoms with Crippen LogP contribution in [0.25, 0.3) is 0 Å². The summed E-state index contributed by atoms with van der Waals surface area (Å²) in [7, 11) is 0.212. The Morgan fingerprint density at radius 1 is 1.04 bits per heavy atom. The van der Waals surface area contributed by atoms with Gasteiger partial charge in [-0.05, 0) is 55.3 Å². The van der Waals surface area contributed by atoms with Gasteiger partial charge in [0.25, 0.3) is 5.91 Å². The number of aryl methyl sites for hydroxylation is 1. The summed E-state index contributed by atoms with van der Waals surface area (Å²) in [5.41, 5.74) is 3.59. The molecule has 0 unspecified atom stereocenters. The Morgan fingerprint density at radius 3 is 2.25 bits per heavy atom. The lowest BCUT2D eigenvalue weighted by molar-refractivity contribution is 0.102. The van der Waals surface area contributed by atoms with E-state index in [1.165, 1.54) is 4.31 Å². The molecule has 1 N–H and O–H groups in total. The fourth-order valence-electron chi connectivity index (χ4n) is 2.94. The molecule has 0 spiro atoms. The molecule has 1 amide bonds. The van der Waals surface area contributed by atoms with Crippen molar-refractivity contribution in [3.63, 3.8) is 0 Å². The number of hydrogen-bond acceptors (Lipinski definition) is 4. The second kappa shape index (κ2) is 8.75. The Balaban J connectivity index is 2.42. The molecule has 0 aromatic heterocycles. The number of hydrogen-bond donors (Lipinski definition) is 1. The number of nitrogens with zero attached hydrogens (tertiary/aromatic N) is 2. The van der Waals surface area contributed by atoms with E-state index >= 15 is 0 Å². The molecular formula is C21H29N3O3S. The third-order valence-electron chi connectivity index (χ3n) is 4.86. The minimum atomic E-state index is -3.61. The van der Waals surface area contributed by atoms with Crippen molar-refractivity contribution in [3.05, 3.63) is 53.1 Å². The van der Waals surface area contributed by atoms with Gasteiger partial charge in [-0.15, -0.1) is 0 Å². The first-order valence-electron chi connectivity index (χ1n) is 9.31. The maximum atomic E-state index is 12.9. The predicted octanol–water partition coefficient (Wildman–Crippen LogP) is 3.65. The summed E-state index contributed by atoms with van der Waals surface area (Å²) < 4.78 is 27.2. The quantitative estimate of drug-likeness (QED) is 0.766. The van der Waals surface area contributed by atoms with Crippen molar-refractivity contribution in [3.8, 4) is 0 Å². The van der Waals surface area contributed by atoms with E-state index in [0.717, 1.165) is 16.8 Å². The average Bonchev–Trinajstić information content (AvgIpc) is 2.65. The first kappa shape index (κ1) is 21.9. The molecule has 0 bridgehead atoms. The van der Waals surface area contributed by atoms with Gasteiger partial charge in [0.15, 0.2) is 0 Å². The van der Waals surface area contributed by atoms with Crippen LogP contribution in [-0.2, 0) is 10.0 Å². The van der Waals surface area contributed by atoms with Crippen LogP contribution < -0.4 is 10.2 Å². The minimum absolute atomic E-state index is 0.191. The fourth-order valence-corrected chi connectivity index (χ4v) is 4.51. The Labute approximate surface area is 168 Å². The summed E-state index contributed by atoms with van der Waals surface area (Å²) in [5.74, 6) is -0.274. The van der Waals surface area contributed by atoms with Crippen molar-refractivity contribution >= 4 is 27.3 Å². The van der Waals surface area contributed by atoms with Gasteiger partial charge in [0.2, 0.25) is 10.0 Å². The number of nitrogens with one attached hydrogen (secondary N) is 1. The average molecular weight is 404 g/mol. The maximum absolute atomic E-state index is 12.9. The normalized spacial score (nSPS) is 11.5. The lowest BCUT2D eigenvalue weighted by atomic mass is 10.1. The van der Waals surface area contributed by atoms with Crippen LogP contribution in [0.4, 0.5) is 11.4 Å². The summed E-state index contributed by atoms with van der Waals surface area (Å²) in [6, 6.07) is 10.5. The largest absolute Gasteiger partial charge is 0.378 e. The van der Waals surface area contributed by atoms with Gasteiger partial charge in [0, 0.05) is 44.1 Å². The molecule has 7 heteroatoms. The predicted molar refractivity (Wildman–Crippen MR) is 115 cm³/mol. The molecular weight excluding hydrogens is 374 g/mol. The summed E-state index contributed by atoms with van der Waals surface area (Å²) in [6.45, 7) is 8.12. The van der Waals surface area contributed by atoms with Crippen molar-refractivity contribution in [2.24, 2.45) is 0 Å². The zero-order chi connectivity index (χ0) is 21.1. The Bertz CT molecular complexity index is 965. The molecule has 152 valence electrons. The molecule has 2 aromatic carbocycles. The van der Waals surface area contributed by atoms with Crippen molar-refractivity contribution in [1.29, 1.82) is 0 Å². The van der Waals surface area contributed by atoms with Gasteiger partial charge in [-0.1, -0.05) is 19.9 Å². The van der Waals surface area contributed by atoms with Crippen LogP contribution in [0.15, 0.2) is 41.3 Å². The SMILES string of the molecule is CCN(CC)S(=O)(=O)c1cc(C)c(C)c(NC(=O)c2cccc(N(C)C)c2)c1. The van der Waals surface area contributed by atoms with Crippen molar-refractivity contribution in [1.82, 2.24) is 4.31 Å². The molecule has 28 heavy (non-hydrogen) atoms. The number of anilines is 2. The van der Waals surface area contributed by atoms with E-state index in [4.69, 9.17) is 0 Å². The first-order chi connectivity index (χ1) is 13.1. The highest BCUT2D eigenvalue weighted by Crippen LogP contribution is 2.27. The highest BCUT2D eigenvalue weighted by atomic mass is 32.2. The van der Waals surface area contributed by atoms with Gasteiger partial charge >= 0.3 is 0 Å². The number of carbonyl (C=O) groups is 1. The molecule has 2 aromatic rings. The Morgan fingerprint density at radius 2 is 1.68 bits per heavy atom. The molecule has 6 nitrogen and oxygen atoms in total. The molecule has 0 aliphatic carbocycles. The van der Waals surface area contributed by atoms with E-state index in [2.05, 4.69) is 5.32 Å². The monoisotopic (exact) mass is 403 g/mol. The first-order valence-corrected chi connectivity index (χ1v) is 10.8. The standard InChI is InChI=1S/C21H29N3O3S/c1-7-24(8-2)28(26,27)19-12-15(3)16(4)20(14-19)22-21(25)17-10-9-11-18(13-17)23(5)6/h9-14H,7-8H2,1-6H3,(H,22,25). The van der Waals surface area contributed by atoms with Crippen LogP contribution >= 0.6 is 0 Å². The van der Waals surface area contributed by atoms with Crippen molar-refractivity contribution in [2.75, 3.05) is 37.4 Å². The van der Waals surface area contributed by atoms with E-state index in [-0.39, 0.29) is 10.8 Å². The van der Waals surface area contributed by atoms with Crippen molar-refractivity contribution < 1.29 is 13.2 Å². The molecule has 0 radical (unpaired) electrons. The summed E-state index contributed by atoms with van der Waals surface area (Å²) in [6.07, 6.45) is 0. The molecule has 0 saturated heterocycles. The number of amides is 1. The van der Waals surface area contributed by atoms with E-state index in [1.54, 1.807) is 24.3 Å². The van der Waals surface area contributed by atoms with Crippen LogP contribution in [0.3, 0.4) is 0 Å². The van der Waals surface area contributed by atoms with Crippen LogP contribution in [-0.4, -0.2) is 45.8 Å². The minimum Gasteiger partial charge on any atom is -0.378 e. The van der Waals surface area contributed by atoms with E-state index in [1.807, 2.05) is 58.8 Å². The summed E-state index contributed by atoms with van der Waals surface area (Å²) >= 11 is 0. The van der Waals surface area contributed by atoms with Crippen LogP contribution in [0, 0.1) is 13.8 Å². The Kier molecular flexibility index (Phi) is 6.85. The molecule has 0 aliphatic heterocycles. The van der Waals surface area contributed by atoms with E-state index in [9.17, 15) is 13.2 Å². The van der Waals surface area contributed by atoms with Crippen LogP contribution in [0.1, 0.15) is 35.3 Å². The zero-order valence-electron chi connectivity index (χ0n) is 17.4. The second-order valence-electron chi connectivity index (χ2n) is 6.90. The molecule has 0 aliphatic rings. The van der Waals surface area contributed by atoms with E-state index in [0.29, 0.717) is 24.3 Å². The number of carbonyl (C=O) groups excluding carboxylic acids is 1. The van der Waals surface area contributed by atoms with Gasteiger partial charge < -0.3 is 10.2 Å². The van der Waals surface area contributed by atoms with Crippen LogP contribution in [0.5, 0.6) is 0 Å². The van der Waals surface area contributed by atoms with Gasteiger partial charge in [0.05, 0.1) is 4.90 Å². The second-order valence-corrected chi connectivity index (χ2v) is 8.84. The lowest BCUT2D eigenvalue weighted by Crippen LogP contribution is -2.30. The summed E-state index contributed by atoms with van der Waals surface area (Å²) in [4.78, 5) is 14.9. The maximum Gasteiger partial charge on any atom is 0.255 e. The molecule has 0 fully saturated rings. The van der Waals surface area contributed by atoms with Gasteiger partial charge in [0.1, 0.15) is 0 Å². The zero-order valence-corrected chi connectivity index (χ0v) is 18.2. The van der Waals surface area contributed by atoms with Gasteiger partial charge in [-0.2, -0.15) is 4.31 Å². The topological polar surface area (TPSA) is 69.7 Å². The molecule has 2 rings (SSSR count). The fraction of sp³-hybridized carbons (Fsp3) is 0.381. The lowest BCUT2D eigenvalue weighted by Gasteiger charge is -2.20. The molecule has 0 saturated carbocycles.